The van der Waals surface area contributed by atoms with E-state index in [0.29, 0.717) is 29.5 Å². The lowest BCUT2D eigenvalue weighted by molar-refractivity contribution is -0.112. The quantitative estimate of drug-likeness (QED) is 0.187. The van der Waals surface area contributed by atoms with Gasteiger partial charge in [0.05, 0.1) is 11.2 Å². The van der Waals surface area contributed by atoms with Crippen molar-refractivity contribution < 1.29 is 14.3 Å². The van der Waals surface area contributed by atoms with E-state index in [4.69, 9.17) is 9.72 Å². The maximum Gasteiger partial charge on any atom is 0.308 e. The van der Waals surface area contributed by atoms with E-state index in [1.54, 1.807) is 22.8 Å². The van der Waals surface area contributed by atoms with Gasteiger partial charge in [0.2, 0.25) is 6.41 Å². The molecule has 0 bridgehead atoms. The second-order valence-corrected chi connectivity index (χ2v) is 10.7. The molecule has 220 valence electrons. The SMILES string of the molecule is CC.CC#CC(=O)N(c1ccc2c(n1)c(OC1CCCCC1)nn2C)c1cc(C)c(C)cc1C1CC1.CSNC=O. The van der Waals surface area contributed by atoms with E-state index >= 15 is 0 Å². The average Bonchev–Trinajstić information content (AvgIpc) is 3.78. The third kappa shape index (κ3) is 8.04. The highest BCUT2D eigenvalue weighted by Gasteiger charge is 2.31. The normalized spacial score (nSPS) is 14.4. The van der Waals surface area contributed by atoms with Gasteiger partial charge < -0.3 is 9.46 Å². The van der Waals surface area contributed by atoms with Gasteiger partial charge in [0, 0.05) is 13.3 Å². The number of rotatable bonds is 7. The van der Waals surface area contributed by atoms with E-state index in [-0.39, 0.29) is 12.0 Å². The maximum absolute atomic E-state index is 13.3. The van der Waals surface area contributed by atoms with Crippen LogP contribution in [0.3, 0.4) is 0 Å². The summed E-state index contributed by atoms with van der Waals surface area (Å²) in [7, 11) is 1.90. The van der Waals surface area contributed by atoms with E-state index in [0.717, 1.165) is 42.5 Å². The maximum atomic E-state index is 13.3. The molecular formula is C32H43N5O3S. The molecule has 2 aliphatic carbocycles. The molecule has 9 heteroatoms. The number of pyridine rings is 1. The smallest absolute Gasteiger partial charge is 0.308 e. The van der Waals surface area contributed by atoms with Crippen molar-refractivity contribution in [1.82, 2.24) is 19.5 Å². The molecule has 3 aromatic rings. The number of carbonyl (C=O) groups is 2. The first-order valence-electron chi connectivity index (χ1n) is 14.5. The van der Waals surface area contributed by atoms with E-state index in [9.17, 15) is 9.59 Å². The van der Waals surface area contributed by atoms with E-state index in [2.05, 4.69) is 47.6 Å². The number of amides is 2. The molecule has 0 atom stereocenters. The van der Waals surface area contributed by atoms with Crippen molar-refractivity contribution in [2.24, 2.45) is 7.05 Å². The summed E-state index contributed by atoms with van der Waals surface area (Å²) in [6, 6.07) is 8.18. The fraction of sp³-hybridized carbons (Fsp3) is 0.500. The van der Waals surface area contributed by atoms with Crippen molar-refractivity contribution in [2.75, 3.05) is 11.2 Å². The van der Waals surface area contributed by atoms with Gasteiger partial charge in [-0.1, -0.05) is 44.2 Å². The first kappa shape index (κ1) is 32.0. The van der Waals surface area contributed by atoms with Crippen LogP contribution in [0.1, 0.15) is 88.3 Å². The minimum absolute atomic E-state index is 0.169. The molecule has 5 rings (SSSR count). The second kappa shape index (κ2) is 15.5. The molecule has 41 heavy (non-hydrogen) atoms. The fourth-order valence-electron chi connectivity index (χ4n) is 4.93. The van der Waals surface area contributed by atoms with Crippen LogP contribution < -0.4 is 14.4 Å². The van der Waals surface area contributed by atoms with Crippen LogP contribution in [-0.2, 0) is 16.6 Å². The highest BCUT2D eigenvalue weighted by molar-refractivity contribution is 7.97. The Hall–Kier alpha value is -3.51. The first-order chi connectivity index (χ1) is 19.9. The van der Waals surface area contributed by atoms with Gasteiger partial charge in [-0.15, -0.1) is 5.10 Å². The molecule has 1 N–H and O–H groups in total. The van der Waals surface area contributed by atoms with E-state index in [1.807, 2.05) is 33.0 Å². The van der Waals surface area contributed by atoms with Gasteiger partial charge in [-0.3, -0.25) is 19.2 Å². The molecule has 2 aromatic heterocycles. The molecule has 2 amide bonds. The number of ether oxygens (including phenoxy) is 1. The molecule has 0 aliphatic heterocycles. The minimum atomic E-state index is -0.279. The molecule has 0 spiro atoms. The number of hydrogen-bond donors (Lipinski definition) is 1. The molecule has 2 fully saturated rings. The molecular weight excluding hydrogens is 534 g/mol. The summed E-state index contributed by atoms with van der Waals surface area (Å²) in [5, 5.41) is 4.62. The van der Waals surface area contributed by atoms with Crippen LogP contribution in [-0.4, -0.2) is 39.4 Å². The summed E-state index contributed by atoms with van der Waals surface area (Å²) >= 11 is 1.28. The van der Waals surface area contributed by atoms with Crippen LogP contribution in [0.5, 0.6) is 5.88 Å². The second-order valence-electron chi connectivity index (χ2n) is 10.1. The predicted octanol–water partition coefficient (Wildman–Crippen LogP) is 6.90. The lowest BCUT2D eigenvalue weighted by atomic mass is 9.98. The Morgan fingerprint density at radius 3 is 2.39 bits per heavy atom. The third-order valence-electron chi connectivity index (χ3n) is 7.21. The lowest BCUT2D eigenvalue weighted by Gasteiger charge is -2.24. The molecule has 2 heterocycles. The topological polar surface area (TPSA) is 89.3 Å². The largest absolute Gasteiger partial charge is 0.472 e. The Labute approximate surface area is 248 Å². The van der Waals surface area contributed by atoms with Crippen LogP contribution in [0, 0.1) is 25.7 Å². The average molecular weight is 578 g/mol. The molecule has 0 saturated heterocycles. The number of benzene rings is 1. The Morgan fingerprint density at radius 2 is 1.80 bits per heavy atom. The number of fused-ring (bicyclic) bond motifs is 1. The van der Waals surface area contributed by atoms with Crippen molar-refractivity contribution in [3.05, 3.63) is 41.0 Å². The van der Waals surface area contributed by atoms with Crippen molar-refractivity contribution in [3.8, 4) is 17.7 Å². The number of hydrogen-bond acceptors (Lipinski definition) is 6. The zero-order chi connectivity index (χ0) is 29.9. The van der Waals surface area contributed by atoms with E-state index < -0.39 is 0 Å². The first-order valence-corrected chi connectivity index (χ1v) is 15.7. The Kier molecular flexibility index (Phi) is 12.1. The van der Waals surface area contributed by atoms with Crippen LogP contribution >= 0.6 is 11.9 Å². The summed E-state index contributed by atoms with van der Waals surface area (Å²) in [6.07, 6.45) is 10.6. The standard InChI is InChI=1S/C28H32N4O2.C2H5NOS.C2H6/c1-5-9-26(33)32(24-17-19(3)18(2)16-22(24)20-12-13-20)25-15-14-23-27(29-25)28(30-31(23)4)34-21-10-7-6-8-11-21;1-5-3-2-4;1-2/h14-17,20-21H,6-8,10-13H2,1-4H3;2H,1H3,(H,3,4);1-2H3. The van der Waals surface area contributed by atoms with Crippen LogP contribution in [0.25, 0.3) is 11.0 Å². The zero-order valence-corrected chi connectivity index (χ0v) is 26.2. The summed E-state index contributed by atoms with van der Waals surface area (Å²) in [5.41, 5.74) is 6.02. The minimum Gasteiger partial charge on any atom is -0.472 e. The number of aromatic nitrogens is 3. The van der Waals surface area contributed by atoms with E-state index in [1.165, 1.54) is 42.3 Å². The molecule has 0 radical (unpaired) electrons. The summed E-state index contributed by atoms with van der Waals surface area (Å²) in [6.45, 7) is 9.89. The van der Waals surface area contributed by atoms with Crippen LogP contribution in [0.4, 0.5) is 11.5 Å². The molecule has 8 nitrogen and oxygen atoms in total. The highest BCUT2D eigenvalue weighted by atomic mass is 32.2. The van der Waals surface area contributed by atoms with Gasteiger partial charge in [-0.2, -0.15) is 0 Å². The monoisotopic (exact) mass is 577 g/mol. The molecule has 0 unspecified atom stereocenters. The van der Waals surface area contributed by atoms with Gasteiger partial charge in [0.25, 0.3) is 5.88 Å². The molecule has 2 saturated carbocycles. The third-order valence-corrected chi connectivity index (χ3v) is 7.54. The number of anilines is 2. The zero-order valence-electron chi connectivity index (χ0n) is 25.4. The Morgan fingerprint density at radius 1 is 1.12 bits per heavy atom. The van der Waals surface area contributed by atoms with Crippen molar-refractivity contribution in [2.45, 2.75) is 91.6 Å². The van der Waals surface area contributed by atoms with Crippen molar-refractivity contribution in [3.63, 3.8) is 0 Å². The molecule has 2 aliphatic rings. The summed E-state index contributed by atoms with van der Waals surface area (Å²) in [4.78, 5) is 29.2. The van der Waals surface area contributed by atoms with Gasteiger partial charge in [-0.05, 0) is 106 Å². The Bertz CT molecular complexity index is 1400. The lowest BCUT2D eigenvalue weighted by Crippen LogP contribution is -2.26. The number of nitrogens with zero attached hydrogens (tertiary/aromatic N) is 4. The number of carbonyl (C=O) groups excluding carboxylic acids is 2. The number of aryl methyl sites for hydroxylation is 3. The van der Waals surface area contributed by atoms with Crippen molar-refractivity contribution in [1.29, 1.82) is 0 Å². The van der Waals surface area contributed by atoms with Gasteiger partial charge in [-0.25, -0.2) is 4.98 Å². The van der Waals surface area contributed by atoms with Gasteiger partial charge >= 0.3 is 5.91 Å². The van der Waals surface area contributed by atoms with Crippen LogP contribution in [0.2, 0.25) is 0 Å². The predicted molar refractivity (Wildman–Crippen MR) is 169 cm³/mol. The highest BCUT2D eigenvalue weighted by Crippen LogP contribution is 2.46. The summed E-state index contributed by atoms with van der Waals surface area (Å²) in [5.74, 6) is 6.81. The van der Waals surface area contributed by atoms with Crippen molar-refractivity contribution >= 4 is 46.8 Å². The van der Waals surface area contributed by atoms with Crippen LogP contribution in [0.15, 0.2) is 24.3 Å². The Balaban J connectivity index is 0.000000598. The van der Waals surface area contributed by atoms with Gasteiger partial charge in [0.1, 0.15) is 11.9 Å². The number of nitrogens with one attached hydrogen (secondary N) is 1. The molecule has 1 aromatic carbocycles. The van der Waals surface area contributed by atoms with Gasteiger partial charge in [0.15, 0.2) is 5.52 Å². The summed E-state index contributed by atoms with van der Waals surface area (Å²) < 4.78 is 10.5. The fourth-order valence-corrected chi connectivity index (χ4v) is 5.02.